The number of hydrogen-bond acceptors (Lipinski definition) is 7. The van der Waals surface area contributed by atoms with Crippen LogP contribution < -0.4 is 11.2 Å². The molecule has 9 nitrogen and oxygen atoms in total. The molecule has 1 saturated heterocycles. The molecule has 1 aliphatic heterocycles. The van der Waals surface area contributed by atoms with Gasteiger partial charge in [-0.2, -0.15) is 0 Å². The van der Waals surface area contributed by atoms with Gasteiger partial charge in [0.25, 0.3) is 5.56 Å². The summed E-state index contributed by atoms with van der Waals surface area (Å²) in [4.78, 5) is 49.5. The van der Waals surface area contributed by atoms with Crippen molar-refractivity contribution in [3.05, 3.63) is 50.8 Å². The zero-order valence-electron chi connectivity index (χ0n) is 12.3. The molecule has 1 fully saturated rings. The smallest absolute Gasteiger partial charge is 0.330 e. The number of ether oxygens (including phenoxy) is 1. The Bertz CT molecular complexity index is 877. The van der Waals surface area contributed by atoms with E-state index in [-0.39, 0.29) is 17.6 Å². The third kappa shape index (κ3) is 2.80. The highest BCUT2D eigenvalue weighted by Crippen LogP contribution is 2.27. The first-order chi connectivity index (χ1) is 11.4. The molecule has 0 spiro atoms. The zero-order valence-corrected chi connectivity index (χ0v) is 12.3. The first-order valence-electron chi connectivity index (χ1n) is 7.19. The van der Waals surface area contributed by atoms with Crippen LogP contribution in [0.2, 0.25) is 0 Å². The summed E-state index contributed by atoms with van der Waals surface area (Å²) < 4.78 is 6.40. The molecule has 0 unspecified atom stereocenters. The SMILES string of the molecule is O=C1C=CC(=O)C(c2cn([C@H]3C[C@H](O)[C@@H](CO)O3)c(=O)[nH]c2=O)=C1. The number of nitrogens with one attached hydrogen (secondary N) is 1. The Morgan fingerprint density at radius 1 is 1.25 bits per heavy atom. The minimum absolute atomic E-state index is 0.0302. The van der Waals surface area contributed by atoms with E-state index < -0.39 is 47.9 Å². The van der Waals surface area contributed by atoms with Crippen molar-refractivity contribution in [2.45, 2.75) is 24.9 Å². The van der Waals surface area contributed by atoms with Gasteiger partial charge in [0.1, 0.15) is 12.3 Å². The summed E-state index contributed by atoms with van der Waals surface area (Å²) in [6, 6.07) is 0. The number of carbonyl (C=O) groups is 2. The number of carbonyl (C=O) groups excluding carboxylic acids is 2. The van der Waals surface area contributed by atoms with E-state index in [9.17, 15) is 24.3 Å². The molecule has 0 saturated carbocycles. The van der Waals surface area contributed by atoms with Crippen LogP contribution in [0.5, 0.6) is 0 Å². The predicted octanol–water partition coefficient (Wildman–Crippen LogP) is -1.73. The lowest BCUT2D eigenvalue weighted by molar-refractivity contribution is -0.113. The second-order valence-electron chi connectivity index (χ2n) is 5.48. The number of aliphatic hydroxyl groups excluding tert-OH is 2. The number of aromatic nitrogens is 2. The molecule has 0 radical (unpaired) electrons. The molecule has 0 amide bonds. The van der Waals surface area contributed by atoms with Gasteiger partial charge >= 0.3 is 5.69 Å². The maximum absolute atomic E-state index is 12.0. The molecule has 24 heavy (non-hydrogen) atoms. The number of nitrogens with zero attached hydrogens (tertiary/aromatic N) is 1. The van der Waals surface area contributed by atoms with Crippen LogP contribution in [0.4, 0.5) is 0 Å². The molecule has 1 aliphatic carbocycles. The third-order valence-corrected chi connectivity index (χ3v) is 3.90. The monoisotopic (exact) mass is 334 g/mol. The van der Waals surface area contributed by atoms with E-state index in [4.69, 9.17) is 9.84 Å². The molecule has 126 valence electrons. The molecule has 3 atom stereocenters. The molecule has 0 aromatic carbocycles. The van der Waals surface area contributed by atoms with Crippen LogP contribution in [0.1, 0.15) is 18.2 Å². The highest BCUT2D eigenvalue weighted by atomic mass is 16.5. The highest BCUT2D eigenvalue weighted by Gasteiger charge is 2.35. The van der Waals surface area contributed by atoms with E-state index in [1.54, 1.807) is 0 Å². The Kier molecular flexibility index (Phi) is 4.14. The van der Waals surface area contributed by atoms with E-state index >= 15 is 0 Å². The first-order valence-corrected chi connectivity index (χ1v) is 7.19. The average Bonchev–Trinajstić information content (AvgIpc) is 2.91. The number of aliphatic hydroxyl groups is 2. The summed E-state index contributed by atoms with van der Waals surface area (Å²) in [5, 5.41) is 18.9. The molecule has 2 heterocycles. The zero-order chi connectivity index (χ0) is 17.4. The summed E-state index contributed by atoms with van der Waals surface area (Å²) in [5.74, 6) is -0.986. The van der Waals surface area contributed by atoms with Gasteiger partial charge in [-0.3, -0.25) is 23.9 Å². The van der Waals surface area contributed by atoms with Gasteiger partial charge in [-0.1, -0.05) is 0 Å². The van der Waals surface area contributed by atoms with Gasteiger partial charge < -0.3 is 14.9 Å². The van der Waals surface area contributed by atoms with E-state index in [0.717, 1.165) is 29.0 Å². The van der Waals surface area contributed by atoms with Crippen LogP contribution in [0.25, 0.3) is 5.57 Å². The van der Waals surface area contributed by atoms with Crippen LogP contribution in [-0.4, -0.2) is 50.1 Å². The third-order valence-electron chi connectivity index (χ3n) is 3.90. The van der Waals surface area contributed by atoms with Gasteiger partial charge in [0.2, 0.25) is 0 Å². The van der Waals surface area contributed by atoms with Gasteiger partial charge in [-0.05, 0) is 18.2 Å². The number of allylic oxidation sites excluding steroid dienone is 4. The molecule has 3 N–H and O–H groups in total. The van der Waals surface area contributed by atoms with E-state index in [1.165, 1.54) is 0 Å². The van der Waals surface area contributed by atoms with Gasteiger partial charge in [0.05, 0.1) is 18.3 Å². The normalized spacial score (nSPS) is 26.8. The van der Waals surface area contributed by atoms with Crippen molar-refractivity contribution in [3.63, 3.8) is 0 Å². The quantitative estimate of drug-likeness (QED) is 0.558. The van der Waals surface area contributed by atoms with Gasteiger partial charge in [0, 0.05) is 18.2 Å². The minimum Gasteiger partial charge on any atom is -0.394 e. The van der Waals surface area contributed by atoms with Crippen molar-refractivity contribution in [1.82, 2.24) is 9.55 Å². The van der Waals surface area contributed by atoms with Crippen molar-refractivity contribution >= 4 is 17.1 Å². The van der Waals surface area contributed by atoms with E-state index in [1.807, 2.05) is 0 Å². The van der Waals surface area contributed by atoms with Crippen LogP contribution in [0, 0.1) is 0 Å². The summed E-state index contributed by atoms with van der Waals surface area (Å²) in [5.41, 5.74) is -1.88. The fraction of sp³-hybridized carbons (Fsp3) is 0.333. The Hall–Kier alpha value is -2.62. The molecule has 1 aromatic rings. The maximum atomic E-state index is 12.0. The van der Waals surface area contributed by atoms with Gasteiger partial charge in [0.15, 0.2) is 11.6 Å². The molecule has 3 rings (SSSR count). The summed E-state index contributed by atoms with van der Waals surface area (Å²) in [6.45, 7) is -0.425. The minimum atomic E-state index is -0.970. The lowest BCUT2D eigenvalue weighted by Gasteiger charge is -2.16. The van der Waals surface area contributed by atoms with Crippen LogP contribution >= 0.6 is 0 Å². The fourth-order valence-corrected chi connectivity index (χ4v) is 2.66. The molecule has 9 heteroatoms. The number of ketones is 2. The summed E-state index contributed by atoms with van der Waals surface area (Å²) >= 11 is 0. The van der Waals surface area contributed by atoms with Crippen LogP contribution in [0.15, 0.2) is 34.0 Å². The van der Waals surface area contributed by atoms with E-state index in [0.29, 0.717) is 0 Å². The number of aromatic amines is 1. The lowest BCUT2D eigenvalue weighted by Crippen LogP contribution is -2.34. The second kappa shape index (κ2) is 6.11. The van der Waals surface area contributed by atoms with E-state index in [2.05, 4.69) is 4.98 Å². The Balaban J connectivity index is 2.05. The van der Waals surface area contributed by atoms with Crippen molar-refractivity contribution in [2.24, 2.45) is 0 Å². The second-order valence-corrected chi connectivity index (χ2v) is 5.48. The fourth-order valence-electron chi connectivity index (χ4n) is 2.66. The van der Waals surface area contributed by atoms with Gasteiger partial charge in [-0.15, -0.1) is 0 Å². The van der Waals surface area contributed by atoms with Crippen molar-refractivity contribution in [3.8, 4) is 0 Å². The maximum Gasteiger partial charge on any atom is 0.330 e. The topological polar surface area (TPSA) is 139 Å². The Labute approximate surface area is 134 Å². The molecule has 0 bridgehead atoms. The molecule has 1 aromatic heterocycles. The number of rotatable bonds is 3. The Morgan fingerprint density at radius 2 is 2.00 bits per heavy atom. The molecular formula is C15H14N2O7. The lowest BCUT2D eigenvalue weighted by atomic mass is 9.98. The Morgan fingerprint density at radius 3 is 2.67 bits per heavy atom. The number of H-pyrrole nitrogens is 1. The molecular weight excluding hydrogens is 320 g/mol. The first kappa shape index (κ1) is 16.2. The van der Waals surface area contributed by atoms with Crippen LogP contribution in [0.3, 0.4) is 0 Å². The highest BCUT2D eigenvalue weighted by molar-refractivity contribution is 6.33. The average molecular weight is 334 g/mol. The standard InChI is InChI=1S/C15H14N2O7/c18-6-12-11(21)4-13(24-12)17-5-9(14(22)16-15(17)23)8-3-7(19)1-2-10(8)20/h1-3,5,11-13,18,21H,4,6H2,(H,16,22,23)/t11-,12+,13+/m0/s1. The largest absolute Gasteiger partial charge is 0.394 e. The van der Waals surface area contributed by atoms with Crippen molar-refractivity contribution in [1.29, 1.82) is 0 Å². The predicted molar refractivity (Wildman–Crippen MR) is 80.1 cm³/mol. The van der Waals surface area contributed by atoms with Crippen molar-refractivity contribution in [2.75, 3.05) is 6.61 Å². The van der Waals surface area contributed by atoms with Crippen molar-refractivity contribution < 1.29 is 24.5 Å². The molecule has 2 aliphatic rings. The summed E-state index contributed by atoms with van der Waals surface area (Å²) in [7, 11) is 0. The van der Waals surface area contributed by atoms with Gasteiger partial charge in [-0.25, -0.2) is 4.79 Å². The summed E-state index contributed by atoms with van der Waals surface area (Å²) in [6.07, 6.45) is 1.56. The number of hydrogen-bond donors (Lipinski definition) is 3. The van der Waals surface area contributed by atoms with Crippen LogP contribution in [-0.2, 0) is 14.3 Å².